The molecule has 4 rings (SSSR count). The predicted molar refractivity (Wildman–Crippen MR) is 128 cm³/mol. The molecule has 0 fully saturated rings. The number of quaternary nitrogens is 1. The average Bonchev–Trinajstić information content (AvgIpc) is 2.71. The van der Waals surface area contributed by atoms with Crippen LogP contribution >= 0.6 is 23.2 Å². The summed E-state index contributed by atoms with van der Waals surface area (Å²) in [5.74, 6) is -0.490. The highest BCUT2D eigenvalue weighted by Gasteiger charge is 2.38. The van der Waals surface area contributed by atoms with Crippen LogP contribution in [0.1, 0.15) is 17.0 Å². The van der Waals surface area contributed by atoms with Crippen LogP contribution in [0.25, 0.3) is 10.8 Å². The number of benzene rings is 3. The molecule has 5 nitrogen and oxygen atoms in total. The Balaban J connectivity index is 1.87. The van der Waals surface area contributed by atoms with Gasteiger partial charge in [0.1, 0.15) is 24.5 Å². The van der Waals surface area contributed by atoms with Crippen molar-refractivity contribution in [2.45, 2.75) is 5.92 Å². The number of hydrogen-bond donors (Lipinski definition) is 1. The third-order valence-corrected chi connectivity index (χ3v) is 6.04. The number of fused-ring (bicyclic) bond motifs is 3. The third kappa shape index (κ3) is 4.42. The molecule has 0 aliphatic carbocycles. The van der Waals surface area contributed by atoms with Crippen LogP contribution in [0.15, 0.2) is 66.1 Å². The number of nitrogens with two attached hydrogens (primary N) is 1. The van der Waals surface area contributed by atoms with Crippen molar-refractivity contribution in [3.63, 3.8) is 0 Å². The molecule has 1 unspecified atom stereocenters. The van der Waals surface area contributed by atoms with E-state index in [2.05, 4.69) is 0 Å². The molecular formula is C25H25Cl2N2O3+. The minimum Gasteiger partial charge on any atom is -0.456 e. The number of esters is 1. The fourth-order valence-electron chi connectivity index (χ4n) is 3.88. The molecule has 0 spiro atoms. The van der Waals surface area contributed by atoms with E-state index in [0.717, 1.165) is 16.3 Å². The summed E-state index contributed by atoms with van der Waals surface area (Å²) in [5.41, 5.74) is 8.05. The highest BCUT2D eigenvalue weighted by Crippen LogP contribution is 2.48. The summed E-state index contributed by atoms with van der Waals surface area (Å²) in [6, 6.07) is 17.0. The Morgan fingerprint density at radius 3 is 2.56 bits per heavy atom. The number of rotatable bonds is 5. The second-order valence-electron chi connectivity index (χ2n) is 8.83. The van der Waals surface area contributed by atoms with Gasteiger partial charge in [0.15, 0.2) is 0 Å². The van der Waals surface area contributed by atoms with Crippen molar-refractivity contribution < 1.29 is 18.8 Å². The number of hydrogen-bond acceptors (Lipinski definition) is 4. The molecule has 3 aromatic rings. The van der Waals surface area contributed by atoms with E-state index in [0.29, 0.717) is 32.4 Å². The minimum atomic E-state index is -0.564. The summed E-state index contributed by atoms with van der Waals surface area (Å²) >= 11 is 12.8. The molecule has 1 aliphatic heterocycles. The van der Waals surface area contributed by atoms with Gasteiger partial charge in [-0.25, -0.2) is 4.79 Å². The third-order valence-electron chi connectivity index (χ3n) is 5.48. The van der Waals surface area contributed by atoms with Crippen LogP contribution in [0.3, 0.4) is 0 Å². The van der Waals surface area contributed by atoms with E-state index >= 15 is 0 Å². The topological polar surface area (TPSA) is 61.5 Å². The Kier molecular flexibility index (Phi) is 6.08. The largest absolute Gasteiger partial charge is 0.456 e. The van der Waals surface area contributed by atoms with Crippen LogP contribution in [0.2, 0.25) is 10.0 Å². The smallest absolute Gasteiger partial charge is 0.340 e. The van der Waals surface area contributed by atoms with Crippen LogP contribution in [-0.4, -0.2) is 44.7 Å². The molecule has 0 amide bonds. The number of carbonyl (C=O) groups excluding carboxylic acids is 1. The van der Waals surface area contributed by atoms with Gasteiger partial charge in [0, 0.05) is 15.6 Å². The maximum atomic E-state index is 13.3. The molecule has 3 aromatic carbocycles. The molecule has 0 saturated heterocycles. The van der Waals surface area contributed by atoms with E-state index in [1.165, 1.54) is 0 Å². The molecule has 0 aromatic heterocycles. The van der Waals surface area contributed by atoms with Crippen LogP contribution in [0.4, 0.5) is 0 Å². The Hall–Kier alpha value is -2.73. The first kappa shape index (κ1) is 22.5. The Labute approximate surface area is 197 Å². The second kappa shape index (κ2) is 8.66. The molecular weight excluding hydrogens is 447 g/mol. The Morgan fingerprint density at radius 1 is 1.09 bits per heavy atom. The monoisotopic (exact) mass is 471 g/mol. The Bertz CT molecular complexity index is 1230. The van der Waals surface area contributed by atoms with Crippen molar-refractivity contribution in [1.82, 2.24) is 0 Å². The van der Waals surface area contributed by atoms with E-state index in [-0.39, 0.29) is 18.1 Å². The van der Waals surface area contributed by atoms with Crippen LogP contribution in [0.5, 0.6) is 5.75 Å². The lowest BCUT2D eigenvalue weighted by atomic mass is 9.80. The number of halogens is 2. The van der Waals surface area contributed by atoms with Gasteiger partial charge in [-0.1, -0.05) is 59.6 Å². The van der Waals surface area contributed by atoms with Gasteiger partial charge >= 0.3 is 5.97 Å². The summed E-state index contributed by atoms with van der Waals surface area (Å²) in [4.78, 5) is 13.3. The van der Waals surface area contributed by atoms with Crippen LogP contribution in [0, 0.1) is 0 Å². The molecule has 1 aliphatic rings. The fraction of sp³-hybridized carbons (Fsp3) is 0.240. The van der Waals surface area contributed by atoms with Crippen molar-refractivity contribution >= 4 is 39.9 Å². The molecule has 0 radical (unpaired) electrons. The summed E-state index contributed by atoms with van der Waals surface area (Å²) in [5, 5.41) is 2.91. The lowest BCUT2D eigenvalue weighted by Gasteiger charge is -2.30. The van der Waals surface area contributed by atoms with E-state index in [9.17, 15) is 4.79 Å². The SMILES string of the molecule is C[N+](C)(C)CCOC(=O)C1=C(N)Oc2ccc3ccccc3c2C1c1ccc(Cl)cc1Cl. The number of carbonyl (C=O) groups is 1. The molecule has 166 valence electrons. The second-order valence-corrected chi connectivity index (χ2v) is 9.67. The zero-order chi connectivity index (χ0) is 23.0. The summed E-state index contributed by atoms with van der Waals surface area (Å²) in [6.07, 6.45) is 0. The molecule has 0 saturated carbocycles. The summed E-state index contributed by atoms with van der Waals surface area (Å²) in [7, 11) is 6.09. The van der Waals surface area contributed by atoms with Gasteiger partial charge in [-0.15, -0.1) is 0 Å². The van der Waals surface area contributed by atoms with Gasteiger partial charge in [-0.05, 0) is 34.5 Å². The lowest BCUT2D eigenvalue weighted by molar-refractivity contribution is -0.870. The highest BCUT2D eigenvalue weighted by molar-refractivity contribution is 6.35. The molecule has 1 atom stereocenters. The molecule has 7 heteroatoms. The first-order chi connectivity index (χ1) is 15.2. The number of nitrogens with zero attached hydrogens (tertiary/aromatic N) is 1. The van der Waals surface area contributed by atoms with Gasteiger partial charge in [0.05, 0.1) is 27.1 Å². The zero-order valence-electron chi connectivity index (χ0n) is 18.2. The maximum absolute atomic E-state index is 13.3. The van der Waals surface area contributed by atoms with E-state index in [4.69, 9.17) is 38.4 Å². The fourth-order valence-corrected chi connectivity index (χ4v) is 4.40. The average molecular weight is 472 g/mol. The predicted octanol–water partition coefficient (Wildman–Crippen LogP) is 5.09. The van der Waals surface area contributed by atoms with Crippen LogP contribution < -0.4 is 10.5 Å². The van der Waals surface area contributed by atoms with Gasteiger partial charge in [-0.2, -0.15) is 0 Å². The molecule has 2 N–H and O–H groups in total. The standard InChI is InChI=1S/C25H24Cl2N2O3/c1-29(2,3)12-13-31-25(30)23-22(18-10-9-16(26)14-19(18)27)21-17-7-5-4-6-15(17)8-11-20(21)32-24(23)28/h4-11,14,22H,12-13H2,1-3H3,(H-,28,30)/p+1. The zero-order valence-corrected chi connectivity index (χ0v) is 19.7. The van der Waals surface area contributed by atoms with Gasteiger partial charge in [0.25, 0.3) is 0 Å². The van der Waals surface area contributed by atoms with E-state index in [1.54, 1.807) is 12.1 Å². The molecule has 0 bridgehead atoms. The van der Waals surface area contributed by atoms with Crippen molar-refractivity contribution in [3.8, 4) is 5.75 Å². The van der Waals surface area contributed by atoms with Gasteiger partial charge < -0.3 is 19.7 Å². The maximum Gasteiger partial charge on any atom is 0.340 e. The van der Waals surface area contributed by atoms with E-state index in [1.807, 2.05) is 63.6 Å². The first-order valence-electron chi connectivity index (χ1n) is 10.3. The molecule has 1 heterocycles. The quantitative estimate of drug-likeness (QED) is 0.415. The highest BCUT2D eigenvalue weighted by atomic mass is 35.5. The number of likely N-dealkylation sites (N-methyl/N-ethyl adjacent to an activating group) is 1. The van der Waals surface area contributed by atoms with Gasteiger partial charge in [0.2, 0.25) is 5.88 Å². The van der Waals surface area contributed by atoms with Crippen molar-refractivity contribution in [3.05, 3.63) is 87.2 Å². The summed E-state index contributed by atoms with van der Waals surface area (Å²) in [6.45, 7) is 0.911. The van der Waals surface area contributed by atoms with Crippen molar-refractivity contribution in [2.75, 3.05) is 34.3 Å². The number of ether oxygens (including phenoxy) is 2. The minimum absolute atomic E-state index is 0.0130. The van der Waals surface area contributed by atoms with E-state index < -0.39 is 11.9 Å². The Morgan fingerprint density at radius 2 is 1.84 bits per heavy atom. The lowest BCUT2D eigenvalue weighted by Crippen LogP contribution is -2.38. The van der Waals surface area contributed by atoms with Crippen molar-refractivity contribution in [2.24, 2.45) is 5.73 Å². The first-order valence-corrected chi connectivity index (χ1v) is 11.0. The van der Waals surface area contributed by atoms with Gasteiger partial charge in [-0.3, -0.25) is 0 Å². The van der Waals surface area contributed by atoms with Crippen molar-refractivity contribution in [1.29, 1.82) is 0 Å². The normalized spacial score (nSPS) is 16.0. The molecule has 32 heavy (non-hydrogen) atoms. The van der Waals surface area contributed by atoms with Crippen LogP contribution in [-0.2, 0) is 9.53 Å². The summed E-state index contributed by atoms with van der Waals surface area (Å²) < 4.78 is 12.2.